The highest BCUT2D eigenvalue weighted by atomic mass is 32.2. The third kappa shape index (κ3) is 4.40. The topological polar surface area (TPSA) is 37.4 Å². The van der Waals surface area contributed by atoms with Gasteiger partial charge in [-0.15, -0.1) is 0 Å². The van der Waals surface area contributed by atoms with Crippen molar-refractivity contribution in [3.8, 4) is 0 Å². The first kappa shape index (κ1) is 16.2. The second kappa shape index (κ2) is 7.74. The van der Waals surface area contributed by atoms with Crippen molar-refractivity contribution in [2.75, 3.05) is 24.6 Å². The van der Waals surface area contributed by atoms with Crippen LogP contribution in [-0.4, -0.2) is 39.6 Å². The Hall–Kier alpha value is -1.16. The molecule has 1 aliphatic rings. The van der Waals surface area contributed by atoms with Gasteiger partial charge in [0.1, 0.15) is 0 Å². The first-order valence-corrected chi connectivity index (χ1v) is 9.28. The van der Waals surface area contributed by atoms with Gasteiger partial charge in [0.15, 0.2) is 0 Å². The molecule has 1 amide bonds. The van der Waals surface area contributed by atoms with Gasteiger partial charge in [0, 0.05) is 41.3 Å². The van der Waals surface area contributed by atoms with Gasteiger partial charge in [-0.3, -0.25) is 9.00 Å². The average Bonchev–Trinajstić information content (AvgIpc) is 2.53. The summed E-state index contributed by atoms with van der Waals surface area (Å²) >= 11 is 0. The number of benzene rings is 1. The molecule has 1 aromatic carbocycles. The molecule has 0 N–H and O–H groups in total. The molecule has 1 fully saturated rings. The van der Waals surface area contributed by atoms with E-state index in [0.29, 0.717) is 30.5 Å². The van der Waals surface area contributed by atoms with Crippen molar-refractivity contribution < 1.29 is 9.00 Å². The van der Waals surface area contributed by atoms with E-state index in [1.54, 1.807) is 0 Å². The lowest BCUT2D eigenvalue weighted by molar-refractivity contribution is -0.136. The Balaban J connectivity index is 2.08. The van der Waals surface area contributed by atoms with Crippen molar-refractivity contribution in [2.45, 2.75) is 26.7 Å². The molecule has 0 spiro atoms. The van der Waals surface area contributed by atoms with Crippen LogP contribution in [0.3, 0.4) is 0 Å². The maximum Gasteiger partial charge on any atom is 0.226 e. The van der Waals surface area contributed by atoms with E-state index < -0.39 is 10.8 Å². The van der Waals surface area contributed by atoms with E-state index in [9.17, 15) is 9.00 Å². The molecule has 1 unspecified atom stereocenters. The summed E-state index contributed by atoms with van der Waals surface area (Å²) in [5.41, 5.74) is 1.22. The normalized spacial score (nSPS) is 19.2. The van der Waals surface area contributed by atoms with E-state index in [4.69, 9.17) is 0 Å². The van der Waals surface area contributed by atoms with E-state index in [0.717, 1.165) is 12.8 Å². The third-order valence-electron chi connectivity index (χ3n) is 4.44. The first-order valence-electron chi connectivity index (χ1n) is 7.79. The molecule has 0 saturated carbocycles. The molecule has 1 aliphatic heterocycles. The summed E-state index contributed by atoms with van der Waals surface area (Å²) in [6.45, 7) is 5.59. The van der Waals surface area contributed by atoms with Crippen molar-refractivity contribution in [3.63, 3.8) is 0 Å². The van der Waals surface area contributed by atoms with Crippen LogP contribution in [0.15, 0.2) is 30.3 Å². The second-order valence-corrected chi connectivity index (χ2v) is 7.55. The quantitative estimate of drug-likeness (QED) is 0.838. The fraction of sp³-hybridized carbons (Fsp3) is 0.588. The van der Waals surface area contributed by atoms with Crippen LogP contribution in [0.4, 0.5) is 0 Å². The van der Waals surface area contributed by atoms with Crippen LogP contribution in [0.2, 0.25) is 0 Å². The Morgan fingerprint density at radius 1 is 1.24 bits per heavy atom. The van der Waals surface area contributed by atoms with Gasteiger partial charge in [-0.25, -0.2) is 0 Å². The van der Waals surface area contributed by atoms with Crippen LogP contribution in [0, 0.1) is 11.8 Å². The van der Waals surface area contributed by atoms with Crippen LogP contribution in [-0.2, 0) is 22.0 Å². The Morgan fingerprint density at radius 2 is 1.86 bits per heavy atom. The van der Waals surface area contributed by atoms with Crippen molar-refractivity contribution in [1.29, 1.82) is 0 Å². The van der Waals surface area contributed by atoms with E-state index in [1.807, 2.05) is 23.1 Å². The van der Waals surface area contributed by atoms with Crippen molar-refractivity contribution in [1.82, 2.24) is 4.90 Å². The zero-order valence-electron chi connectivity index (χ0n) is 13.0. The molecule has 0 bridgehead atoms. The minimum absolute atomic E-state index is 0.0314. The summed E-state index contributed by atoms with van der Waals surface area (Å²) in [5, 5.41) is 0. The maximum atomic E-state index is 12.8. The summed E-state index contributed by atoms with van der Waals surface area (Å²) in [4.78, 5) is 14.8. The van der Waals surface area contributed by atoms with E-state index in [1.165, 1.54) is 5.56 Å². The average molecular weight is 307 g/mol. The predicted octanol–water partition coefficient (Wildman–Crippen LogP) is 2.48. The highest BCUT2D eigenvalue weighted by Crippen LogP contribution is 2.23. The van der Waals surface area contributed by atoms with Crippen LogP contribution >= 0.6 is 0 Å². The molecule has 0 aliphatic carbocycles. The molecule has 1 aromatic rings. The zero-order chi connectivity index (χ0) is 15.2. The van der Waals surface area contributed by atoms with Gasteiger partial charge in [-0.2, -0.15) is 0 Å². The monoisotopic (exact) mass is 307 g/mol. The largest absolute Gasteiger partial charge is 0.341 e. The first-order chi connectivity index (χ1) is 10.1. The number of nitrogens with zero attached hydrogens (tertiary/aromatic N) is 1. The summed E-state index contributed by atoms with van der Waals surface area (Å²) in [6.07, 6.45) is 1.80. The molecule has 0 radical (unpaired) electrons. The molecular weight excluding hydrogens is 282 g/mol. The maximum absolute atomic E-state index is 12.8. The number of carbonyl (C=O) groups is 1. The van der Waals surface area contributed by atoms with E-state index in [2.05, 4.69) is 26.0 Å². The molecule has 2 atom stereocenters. The Morgan fingerprint density at radius 3 is 2.43 bits per heavy atom. The summed E-state index contributed by atoms with van der Waals surface area (Å²) in [5.74, 6) is 1.90. The lowest BCUT2D eigenvalue weighted by Gasteiger charge is -2.32. The third-order valence-corrected chi connectivity index (χ3v) is 5.71. The number of hydrogen-bond donors (Lipinski definition) is 0. The van der Waals surface area contributed by atoms with Crippen molar-refractivity contribution in [3.05, 3.63) is 35.9 Å². The van der Waals surface area contributed by atoms with Crippen molar-refractivity contribution >= 4 is 16.7 Å². The Bertz CT molecular complexity index is 479. The number of carbonyl (C=O) groups excluding carboxylic acids is 1. The number of amides is 1. The number of hydrogen-bond acceptors (Lipinski definition) is 2. The predicted molar refractivity (Wildman–Crippen MR) is 87.5 cm³/mol. The van der Waals surface area contributed by atoms with Gasteiger partial charge in [-0.1, -0.05) is 50.6 Å². The Kier molecular flexibility index (Phi) is 5.97. The van der Waals surface area contributed by atoms with Crippen LogP contribution in [0.5, 0.6) is 0 Å². The summed E-state index contributed by atoms with van der Waals surface area (Å²) < 4.78 is 11.5. The molecule has 0 aromatic heterocycles. The van der Waals surface area contributed by atoms with Gasteiger partial charge in [0.25, 0.3) is 0 Å². The molecule has 21 heavy (non-hydrogen) atoms. The van der Waals surface area contributed by atoms with E-state index >= 15 is 0 Å². The molecule has 1 heterocycles. The SMILES string of the molecule is CCC(C)[C@@H](Cc1ccccc1)C(=O)N1CCS(=O)CC1. The minimum Gasteiger partial charge on any atom is -0.341 e. The lowest BCUT2D eigenvalue weighted by atomic mass is 9.85. The second-order valence-electron chi connectivity index (χ2n) is 5.86. The van der Waals surface area contributed by atoms with Crippen LogP contribution < -0.4 is 0 Å². The molecular formula is C17H25NO2S. The van der Waals surface area contributed by atoms with Gasteiger partial charge >= 0.3 is 0 Å². The van der Waals surface area contributed by atoms with Crippen LogP contribution in [0.25, 0.3) is 0 Å². The molecule has 4 heteroatoms. The van der Waals surface area contributed by atoms with Crippen molar-refractivity contribution in [2.24, 2.45) is 11.8 Å². The fourth-order valence-corrected chi connectivity index (χ4v) is 3.83. The summed E-state index contributed by atoms with van der Waals surface area (Å²) in [7, 11) is -0.735. The molecule has 3 nitrogen and oxygen atoms in total. The molecule has 116 valence electrons. The van der Waals surface area contributed by atoms with Gasteiger partial charge in [-0.05, 0) is 17.9 Å². The molecule has 2 rings (SSSR count). The zero-order valence-corrected chi connectivity index (χ0v) is 13.8. The minimum atomic E-state index is -0.735. The highest BCUT2D eigenvalue weighted by Gasteiger charge is 2.30. The molecule has 1 saturated heterocycles. The standard InChI is InChI=1S/C17H25NO2S/c1-3-14(2)16(13-15-7-5-4-6-8-15)17(19)18-9-11-21(20)12-10-18/h4-8,14,16H,3,9-13H2,1-2H3/t14?,16-/m1/s1. The van der Waals surface area contributed by atoms with E-state index in [-0.39, 0.29) is 11.8 Å². The smallest absolute Gasteiger partial charge is 0.226 e. The summed E-state index contributed by atoms with van der Waals surface area (Å²) in [6, 6.07) is 10.2. The lowest BCUT2D eigenvalue weighted by Crippen LogP contribution is -2.46. The van der Waals surface area contributed by atoms with Gasteiger partial charge in [0.05, 0.1) is 0 Å². The number of rotatable bonds is 5. The Labute approximate surface area is 130 Å². The van der Waals surface area contributed by atoms with Crippen LogP contribution in [0.1, 0.15) is 25.8 Å². The van der Waals surface area contributed by atoms with Gasteiger partial charge in [0.2, 0.25) is 5.91 Å². The van der Waals surface area contributed by atoms with Gasteiger partial charge < -0.3 is 4.90 Å². The highest BCUT2D eigenvalue weighted by molar-refractivity contribution is 7.85. The fourth-order valence-electron chi connectivity index (χ4n) is 2.78.